The molecule has 2 saturated heterocycles. The van der Waals surface area contributed by atoms with E-state index >= 15 is 0 Å². The normalized spacial score (nSPS) is 44.1. The molecule has 162 valence electrons. The number of hydrogen-bond acceptors (Lipinski definition) is 11. The monoisotopic (exact) mass is 411 g/mol. The number of methoxy groups -OCH3 is 1. The van der Waals surface area contributed by atoms with Gasteiger partial charge in [0.15, 0.2) is 18.7 Å². The number of rotatable bonds is 6. The van der Waals surface area contributed by atoms with Gasteiger partial charge in [-0.2, -0.15) is 0 Å². The quantitative estimate of drug-likeness (QED) is 0.221. The number of aliphatic carboxylic acids is 1. The van der Waals surface area contributed by atoms with E-state index in [0.29, 0.717) is 0 Å². The molecule has 1 amide bonds. The third-order valence-electron chi connectivity index (χ3n) is 4.59. The Bertz CT molecular complexity index is 561. The van der Waals surface area contributed by atoms with E-state index in [2.05, 4.69) is 5.32 Å². The van der Waals surface area contributed by atoms with E-state index in [-0.39, 0.29) is 0 Å². The molecule has 7 N–H and O–H groups in total. The van der Waals surface area contributed by atoms with Gasteiger partial charge in [-0.15, -0.1) is 0 Å². The fourth-order valence-electron chi connectivity index (χ4n) is 3.20. The van der Waals surface area contributed by atoms with Crippen LogP contribution in [0.25, 0.3) is 0 Å². The number of carbonyl (C=O) groups excluding carboxylic acids is 1. The SMILES string of the molecule is CO[C@H]1[C@H](O)[C@@H](O)C(O[C@H]2[C@H](O)[C@@H](CO)O[C@@H](O)[C@@H]2NC(C)=O)O[C@@H]1C(=O)O. The molecule has 0 aromatic carbocycles. The number of ether oxygens (including phenoxy) is 4. The van der Waals surface area contributed by atoms with Crippen molar-refractivity contribution in [2.75, 3.05) is 13.7 Å². The molecule has 2 fully saturated rings. The summed E-state index contributed by atoms with van der Waals surface area (Å²) in [6.07, 6.45) is -14.4. The van der Waals surface area contributed by atoms with E-state index in [1.54, 1.807) is 0 Å². The lowest BCUT2D eigenvalue weighted by molar-refractivity contribution is -0.338. The van der Waals surface area contributed by atoms with E-state index in [9.17, 15) is 40.2 Å². The van der Waals surface area contributed by atoms with Crippen LogP contribution in [0, 0.1) is 0 Å². The van der Waals surface area contributed by atoms with E-state index in [4.69, 9.17) is 18.9 Å². The van der Waals surface area contributed by atoms with Crippen molar-refractivity contribution in [3.05, 3.63) is 0 Å². The summed E-state index contributed by atoms with van der Waals surface area (Å²) in [5, 5.41) is 61.7. The first-order chi connectivity index (χ1) is 13.1. The highest BCUT2D eigenvalue weighted by atomic mass is 16.7. The highest BCUT2D eigenvalue weighted by Crippen LogP contribution is 2.29. The molecule has 0 aliphatic carbocycles. The Kier molecular flexibility index (Phi) is 7.66. The first-order valence-electron chi connectivity index (χ1n) is 8.44. The van der Waals surface area contributed by atoms with Gasteiger partial charge in [-0.3, -0.25) is 4.79 Å². The third kappa shape index (κ3) is 4.59. The molecule has 13 nitrogen and oxygen atoms in total. The van der Waals surface area contributed by atoms with Crippen molar-refractivity contribution in [3.63, 3.8) is 0 Å². The van der Waals surface area contributed by atoms with Gasteiger partial charge in [-0.25, -0.2) is 4.79 Å². The summed E-state index contributed by atoms with van der Waals surface area (Å²) in [7, 11) is 1.12. The zero-order valence-electron chi connectivity index (χ0n) is 15.1. The topological polar surface area (TPSA) is 204 Å². The largest absolute Gasteiger partial charge is 0.479 e. The summed E-state index contributed by atoms with van der Waals surface area (Å²) in [6.45, 7) is 0.429. The lowest BCUT2D eigenvalue weighted by atomic mass is 9.95. The number of hydrogen-bond donors (Lipinski definition) is 7. The maximum Gasteiger partial charge on any atom is 0.335 e. The molecule has 1 unspecified atom stereocenters. The standard InChI is InChI=1S/C15H25NO12/c1-4(18)16-6-10(7(19)5(3-17)26-14(6)24)27-15-9(21)8(20)11(25-2)12(28-15)13(22)23/h5-12,14-15,17,19-21,24H,3H2,1-2H3,(H,16,18)(H,22,23)/t5-,6-,7-,8-,9-,10-,11+,12+,14-,15?/m1/s1. The number of carbonyl (C=O) groups is 2. The molecule has 2 aliphatic rings. The number of nitrogens with one attached hydrogen (secondary N) is 1. The van der Waals surface area contributed by atoms with Gasteiger partial charge < -0.3 is 54.9 Å². The summed E-state index contributed by atoms with van der Waals surface area (Å²) in [5.41, 5.74) is 0. The van der Waals surface area contributed by atoms with Crippen LogP contribution in [-0.2, 0) is 28.5 Å². The molecule has 28 heavy (non-hydrogen) atoms. The van der Waals surface area contributed by atoms with Crippen molar-refractivity contribution in [1.82, 2.24) is 5.32 Å². The predicted molar refractivity (Wildman–Crippen MR) is 85.6 cm³/mol. The first-order valence-corrected chi connectivity index (χ1v) is 8.44. The Balaban J connectivity index is 2.26. The van der Waals surface area contributed by atoms with Crippen molar-refractivity contribution in [1.29, 1.82) is 0 Å². The fraction of sp³-hybridized carbons (Fsp3) is 0.867. The van der Waals surface area contributed by atoms with Crippen LogP contribution in [0.4, 0.5) is 0 Å². The molecular formula is C15H25NO12. The molecular weight excluding hydrogens is 386 g/mol. The van der Waals surface area contributed by atoms with Crippen molar-refractivity contribution < 1.29 is 59.2 Å². The second-order valence-corrected chi connectivity index (χ2v) is 6.51. The molecule has 2 rings (SSSR count). The molecule has 2 heterocycles. The zero-order valence-corrected chi connectivity index (χ0v) is 15.1. The van der Waals surface area contributed by atoms with Crippen molar-refractivity contribution >= 4 is 11.9 Å². The molecule has 0 spiro atoms. The second kappa shape index (κ2) is 9.39. The van der Waals surface area contributed by atoms with Crippen LogP contribution in [0.5, 0.6) is 0 Å². The van der Waals surface area contributed by atoms with Gasteiger partial charge in [0.2, 0.25) is 5.91 Å². The number of aliphatic hydroxyl groups is 5. The van der Waals surface area contributed by atoms with E-state index in [0.717, 1.165) is 14.0 Å². The average Bonchev–Trinajstić information content (AvgIpc) is 2.63. The van der Waals surface area contributed by atoms with Gasteiger partial charge in [-0.05, 0) is 0 Å². The van der Waals surface area contributed by atoms with Gasteiger partial charge in [0, 0.05) is 14.0 Å². The van der Waals surface area contributed by atoms with Crippen molar-refractivity contribution in [3.8, 4) is 0 Å². The molecule has 0 radical (unpaired) electrons. The Labute approximate surface area is 159 Å². The highest BCUT2D eigenvalue weighted by Gasteiger charge is 2.52. The Morgan fingerprint density at radius 1 is 1.04 bits per heavy atom. The van der Waals surface area contributed by atoms with Gasteiger partial charge in [0.1, 0.15) is 42.7 Å². The number of carboxylic acids is 1. The van der Waals surface area contributed by atoms with Crippen molar-refractivity contribution in [2.24, 2.45) is 0 Å². The predicted octanol–water partition coefficient (Wildman–Crippen LogP) is -4.51. The Morgan fingerprint density at radius 2 is 1.68 bits per heavy atom. The summed E-state index contributed by atoms with van der Waals surface area (Å²) in [4.78, 5) is 22.8. The lowest BCUT2D eigenvalue weighted by Crippen LogP contribution is -2.68. The van der Waals surface area contributed by atoms with Crippen molar-refractivity contribution in [2.45, 2.75) is 68.3 Å². The minimum Gasteiger partial charge on any atom is -0.479 e. The maximum atomic E-state index is 11.4. The van der Waals surface area contributed by atoms with Gasteiger partial charge in [0.25, 0.3) is 0 Å². The molecule has 13 heteroatoms. The van der Waals surface area contributed by atoms with Gasteiger partial charge in [0.05, 0.1) is 6.61 Å². The third-order valence-corrected chi connectivity index (χ3v) is 4.59. The average molecular weight is 411 g/mol. The van der Waals surface area contributed by atoms with Crippen LogP contribution in [0.2, 0.25) is 0 Å². The van der Waals surface area contributed by atoms with Crippen LogP contribution >= 0.6 is 0 Å². The second-order valence-electron chi connectivity index (χ2n) is 6.51. The number of carboxylic acid groups (broad SMARTS) is 1. The van der Waals surface area contributed by atoms with Crippen LogP contribution < -0.4 is 5.32 Å². The number of amides is 1. The molecule has 0 bridgehead atoms. The summed E-state index contributed by atoms with van der Waals surface area (Å²) in [6, 6.07) is -1.34. The Hall–Kier alpha value is -1.42. The van der Waals surface area contributed by atoms with Crippen LogP contribution in [0.15, 0.2) is 0 Å². The highest BCUT2D eigenvalue weighted by molar-refractivity contribution is 5.73. The summed E-state index contributed by atoms with van der Waals surface area (Å²) < 4.78 is 20.5. The molecule has 10 atom stereocenters. The molecule has 0 saturated carbocycles. The zero-order chi connectivity index (χ0) is 21.2. The molecule has 0 aromatic heterocycles. The number of aliphatic hydroxyl groups excluding tert-OH is 5. The minimum atomic E-state index is -1.78. The van der Waals surface area contributed by atoms with E-state index in [1.807, 2.05) is 0 Å². The first kappa shape index (κ1) is 22.9. The minimum absolute atomic E-state index is 0.607. The smallest absolute Gasteiger partial charge is 0.335 e. The maximum absolute atomic E-state index is 11.4. The fourth-order valence-corrected chi connectivity index (χ4v) is 3.20. The van der Waals surface area contributed by atoms with Crippen LogP contribution in [0.3, 0.4) is 0 Å². The van der Waals surface area contributed by atoms with E-state index < -0.39 is 79.8 Å². The van der Waals surface area contributed by atoms with E-state index in [1.165, 1.54) is 0 Å². The Morgan fingerprint density at radius 3 is 2.18 bits per heavy atom. The molecule has 2 aliphatic heterocycles. The van der Waals surface area contributed by atoms with Gasteiger partial charge >= 0.3 is 5.97 Å². The molecule has 0 aromatic rings. The summed E-state index contributed by atoms with van der Waals surface area (Å²) in [5.74, 6) is -2.10. The van der Waals surface area contributed by atoms with Gasteiger partial charge in [-0.1, -0.05) is 0 Å². The lowest BCUT2D eigenvalue weighted by Gasteiger charge is -2.46. The summed E-state index contributed by atoms with van der Waals surface area (Å²) >= 11 is 0. The van der Waals surface area contributed by atoms with Crippen LogP contribution in [0.1, 0.15) is 6.92 Å². The van der Waals surface area contributed by atoms with Crippen LogP contribution in [-0.4, -0.2) is 118 Å².